The molecular weight excluding hydrogens is 337 g/mol. The molecule has 1 aromatic carbocycles. The third kappa shape index (κ3) is 4.14. The van der Waals surface area contributed by atoms with Crippen molar-refractivity contribution in [2.24, 2.45) is 0 Å². The zero-order valence-electron chi connectivity index (χ0n) is 9.64. The van der Waals surface area contributed by atoms with E-state index in [9.17, 15) is 13.2 Å². The minimum atomic E-state index is -4.07. The van der Waals surface area contributed by atoms with E-state index in [0.29, 0.717) is 0 Å². The van der Waals surface area contributed by atoms with Crippen LogP contribution in [0.2, 0.25) is 0 Å². The molecule has 1 N–H and O–H groups in total. The van der Waals surface area contributed by atoms with Crippen LogP contribution >= 0.6 is 34.8 Å². The van der Waals surface area contributed by atoms with Crippen LogP contribution in [-0.2, 0) is 14.6 Å². The van der Waals surface area contributed by atoms with Crippen molar-refractivity contribution >= 4 is 50.7 Å². The summed E-state index contributed by atoms with van der Waals surface area (Å²) in [6.07, 6.45) is -1.02. The predicted octanol–water partition coefficient (Wildman–Crippen LogP) is 2.51. The fourth-order valence-corrected chi connectivity index (χ4v) is 3.88. The third-order valence-electron chi connectivity index (χ3n) is 2.11. The maximum absolute atomic E-state index is 12.3. The summed E-state index contributed by atoms with van der Waals surface area (Å²) in [6, 6.07) is 7.33. The second kappa shape index (κ2) is 6.17. The topological polar surface area (TPSA) is 72.5 Å². The van der Waals surface area contributed by atoms with Crippen LogP contribution in [-0.4, -0.2) is 30.8 Å². The summed E-state index contributed by atoms with van der Waals surface area (Å²) in [5.41, 5.74) is 0. The van der Waals surface area contributed by atoms with Gasteiger partial charge in [-0.2, -0.15) is 0 Å². The molecule has 1 amide bonds. The zero-order valence-corrected chi connectivity index (χ0v) is 12.7. The first-order valence-corrected chi connectivity index (χ1v) is 7.57. The maximum atomic E-state index is 12.3. The van der Waals surface area contributed by atoms with Crippen LogP contribution in [0.15, 0.2) is 35.2 Å². The van der Waals surface area contributed by atoms with E-state index in [0.717, 1.165) is 7.11 Å². The van der Waals surface area contributed by atoms with Crippen LogP contribution in [0.4, 0.5) is 4.79 Å². The highest BCUT2D eigenvalue weighted by Crippen LogP contribution is 2.35. The van der Waals surface area contributed by atoms with Crippen molar-refractivity contribution in [3.63, 3.8) is 0 Å². The van der Waals surface area contributed by atoms with Crippen molar-refractivity contribution in [3.05, 3.63) is 30.3 Å². The maximum Gasteiger partial charge on any atom is 0.408 e. The standard InChI is InChI=1S/C10H10Cl3NO4S/c1-18-9(15)14-8(10(11,12)13)19(16,17)7-5-3-2-4-6-7/h2-6,8H,1H3,(H,14,15)/t8-/m0/s1. The number of amides is 1. The Morgan fingerprint density at radius 1 is 1.26 bits per heavy atom. The highest BCUT2D eigenvalue weighted by Gasteiger charge is 2.44. The van der Waals surface area contributed by atoms with Crippen molar-refractivity contribution in [3.8, 4) is 0 Å². The number of hydrogen-bond donors (Lipinski definition) is 1. The SMILES string of the molecule is COC(=O)N[C@H](C(Cl)(Cl)Cl)S(=O)(=O)c1ccccc1. The first kappa shape index (κ1) is 16.4. The van der Waals surface area contributed by atoms with Gasteiger partial charge in [-0.3, -0.25) is 0 Å². The van der Waals surface area contributed by atoms with Crippen molar-refractivity contribution < 1.29 is 17.9 Å². The average Bonchev–Trinajstić information content (AvgIpc) is 2.35. The smallest absolute Gasteiger partial charge is 0.408 e. The summed E-state index contributed by atoms with van der Waals surface area (Å²) < 4.78 is 26.7. The number of nitrogens with one attached hydrogen (secondary N) is 1. The monoisotopic (exact) mass is 345 g/mol. The quantitative estimate of drug-likeness (QED) is 0.854. The van der Waals surface area contributed by atoms with E-state index in [1.165, 1.54) is 24.3 Å². The molecule has 0 aliphatic carbocycles. The Balaban J connectivity index is 3.22. The highest BCUT2D eigenvalue weighted by atomic mass is 35.6. The number of carbonyl (C=O) groups excluding carboxylic acids is 1. The summed E-state index contributed by atoms with van der Waals surface area (Å²) >= 11 is 16.8. The molecule has 0 saturated carbocycles. The summed E-state index contributed by atoms with van der Waals surface area (Å²) in [5, 5.41) is 0.236. The lowest BCUT2D eigenvalue weighted by Gasteiger charge is -2.24. The number of sulfone groups is 1. The highest BCUT2D eigenvalue weighted by molar-refractivity contribution is 7.92. The number of benzene rings is 1. The van der Waals surface area contributed by atoms with Gasteiger partial charge in [0.15, 0.2) is 5.37 Å². The number of rotatable bonds is 3. The van der Waals surface area contributed by atoms with Gasteiger partial charge in [-0.25, -0.2) is 13.2 Å². The molecule has 9 heteroatoms. The fraction of sp³-hybridized carbons (Fsp3) is 0.300. The molecule has 1 aromatic rings. The second-order valence-electron chi connectivity index (χ2n) is 3.42. The number of methoxy groups -OCH3 is 1. The van der Waals surface area contributed by atoms with Crippen LogP contribution in [0.5, 0.6) is 0 Å². The van der Waals surface area contributed by atoms with E-state index in [-0.39, 0.29) is 4.90 Å². The lowest BCUT2D eigenvalue weighted by atomic mass is 10.4. The zero-order chi connectivity index (χ0) is 14.7. The van der Waals surface area contributed by atoms with Gasteiger partial charge >= 0.3 is 6.09 Å². The van der Waals surface area contributed by atoms with Gasteiger partial charge in [0.05, 0.1) is 12.0 Å². The first-order valence-electron chi connectivity index (χ1n) is 4.89. The van der Waals surface area contributed by atoms with Crippen LogP contribution in [0, 0.1) is 0 Å². The lowest BCUT2D eigenvalue weighted by molar-refractivity contribution is 0.169. The Kier molecular flexibility index (Phi) is 5.32. The summed E-state index contributed by atoms with van der Waals surface area (Å²) in [4.78, 5) is 11.1. The summed E-state index contributed by atoms with van der Waals surface area (Å²) in [5.74, 6) is 0. The first-order chi connectivity index (χ1) is 8.69. The molecule has 0 saturated heterocycles. The Labute approximate surface area is 125 Å². The molecule has 0 aromatic heterocycles. The van der Waals surface area contributed by atoms with Gasteiger partial charge in [0, 0.05) is 0 Å². The summed E-state index contributed by atoms with van der Waals surface area (Å²) in [6.45, 7) is 0. The average molecular weight is 347 g/mol. The van der Waals surface area contributed by atoms with Gasteiger partial charge in [0.2, 0.25) is 13.6 Å². The van der Waals surface area contributed by atoms with E-state index >= 15 is 0 Å². The molecule has 1 rings (SSSR count). The number of halogens is 3. The lowest BCUT2D eigenvalue weighted by Crippen LogP contribution is -2.49. The van der Waals surface area contributed by atoms with Gasteiger partial charge in [0.1, 0.15) is 0 Å². The molecule has 1 atom stereocenters. The van der Waals surface area contributed by atoms with Crippen LogP contribution < -0.4 is 5.32 Å². The largest absolute Gasteiger partial charge is 0.453 e. The number of alkyl halides is 3. The molecule has 0 spiro atoms. The molecule has 106 valence electrons. The van der Waals surface area contributed by atoms with Crippen molar-refractivity contribution in [2.45, 2.75) is 14.1 Å². The molecule has 0 aliphatic heterocycles. The van der Waals surface area contributed by atoms with E-state index in [2.05, 4.69) is 4.74 Å². The van der Waals surface area contributed by atoms with E-state index in [4.69, 9.17) is 34.8 Å². The number of hydrogen-bond acceptors (Lipinski definition) is 4. The van der Waals surface area contributed by atoms with Crippen LogP contribution in [0.3, 0.4) is 0 Å². The minimum Gasteiger partial charge on any atom is -0.453 e. The molecular formula is C10H10Cl3NO4S. The minimum absolute atomic E-state index is 0.0808. The molecule has 0 bridgehead atoms. The molecule has 19 heavy (non-hydrogen) atoms. The molecule has 0 heterocycles. The van der Waals surface area contributed by atoms with Gasteiger partial charge in [-0.1, -0.05) is 53.0 Å². The van der Waals surface area contributed by atoms with Gasteiger partial charge in [0.25, 0.3) is 0 Å². The van der Waals surface area contributed by atoms with E-state index in [1.54, 1.807) is 6.07 Å². The molecule has 0 fully saturated rings. The fourth-order valence-electron chi connectivity index (χ4n) is 1.25. The number of carbonyl (C=O) groups is 1. The van der Waals surface area contributed by atoms with Crippen LogP contribution in [0.25, 0.3) is 0 Å². The van der Waals surface area contributed by atoms with Crippen molar-refractivity contribution in [1.82, 2.24) is 5.32 Å². The molecule has 0 aliphatic rings. The molecule has 0 unspecified atom stereocenters. The van der Waals surface area contributed by atoms with E-state index < -0.39 is 25.1 Å². The van der Waals surface area contributed by atoms with E-state index in [1.807, 2.05) is 5.32 Å². The van der Waals surface area contributed by atoms with Gasteiger partial charge in [-0.15, -0.1) is 0 Å². The Morgan fingerprint density at radius 2 is 1.79 bits per heavy atom. The molecule has 0 radical (unpaired) electrons. The Bertz CT molecular complexity index is 542. The van der Waals surface area contributed by atoms with Crippen molar-refractivity contribution in [1.29, 1.82) is 0 Å². The van der Waals surface area contributed by atoms with Crippen LogP contribution in [0.1, 0.15) is 0 Å². The normalized spacial score (nSPS) is 13.7. The Hall–Kier alpha value is -0.690. The predicted molar refractivity (Wildman–Crippen MR) is 73.2 cm³/mol. The molecule has 5 nitrogen and oxygen atoms in total. The number of alkyl carbamates (subject to hydrolysis) is 1. The third-order valence-corrected chi connectivity index (χ3v) is 5.18. The van der Waals surface area contributed by atoms with Gasteiger partial charge in [-0.05, 0) is 12.1 Å². The number of ether oxygens (including phenoxy) is 1. The van der Waals surface area contributed by atoms with Gasteiger partial charge < -0.3 is 10.1 Å². The van der Waals surface area contributed by atoms with Crippen molar-refractivity contribution in [2.75, 3.05) is 7.11 Å². The Morgan fingerprint density at radius 3 is 2.21 bits per heavy atom. The second-order valence-corrected chi connectivity index (χ2v) is 7.82. The summed E-state index contributed by atoms with van der Waals surface area (Å²) in [7, 11) is -3.00.